The van der Waals surface area contributed by atoms with E-state index in [1.807, 2.05) is 0 Å². The average molecular weight is 324 g/mol. The second-order valence-electron chi connectivity index (χ2n) is 4.11. The molecule has 2 aromatic rings. The minimum atomic E-state index is -0.790. The second kappa shape index (κ2) is 4.51. The first-order chi connectivity index (χ1) is 8.58. The highest BCUT2D eigenvalue weighted by molar-refractivity contribution is 8.93. The van der Waals surface area contributed by atoms with Gasteiger partial charge in [-0.3, -0.25) is 14.4 Å². The number of carbonyl (C=O) groups is 2. The molecule has 98 valence electrons. The number of hydrogen-bond acceptors (Lipinski definition) is 3. The molecular weight excluding hydrogens is 314 g/mol. The molecule has 0 fully saturated rings. The summed E-state index contributed by atoms with van der Waals surface area (Å²) in [4.78, 5) is 34.8. The molecule has 0 bridgehead atoms. The van der Waals surface area contributed by atoms with Crippen LogP contribution >= 0.6 is 17.0 Å². The molecule has 2 heterocycles. The zero-order valence-electron chi connectivity index (χ0n) is 9.67. The maximum Gasteiger partial charge on any atom is 0.254 e. The molecule has 6 nitrogen and oxygen atoms in total. The smallest absolute Gasteiger partial charge is 0.254 e. The van der Waals surface area contributed by atoms with Crippen LogP contribution in [0, 0.1) is 0 Å². The summed E-state index contributed by atoms with van der Waals surface area (Å²) < 4.78 is 1.57. The highest BCUT2D eigenvalue weighted by Crippen LogP contribution is 2.24. The molecule has 2 amide bonds. The van der Waals surface area contributed by atoms with Crippen molar-refractivity contribution in [3.63, 3.8) is 0 Å². The molecule has 3 rings (SSSR count). The van der Waals surface area contributed by atoms with Crippen LogP contribution in [0.15, 0.2) is 29.2 Å². The van der Waals surface area contributed by atoms with Gasteiger partial charge < -0.3 is 15.6 Å². The molecule has 3 N–H and O–H groups in total. The highest BCUT2D eigenvalue weighted by Gasteiger charge is 2.20. The van der Waals surface area contributed by atoms with Gasteiger partial charge in [-0.25, -0.2) is 0 Å². The summed E-state index contributed by atoms with van der Waals surface area (Å²) in [6, 6.07) is 4.97. The van der Waals surface area contributed by atoms with E-state index in [1.54, 1.807) is 22.8 Å². The van der Waals surface area contributed by atoms with Crippen LogP contribution in [0.3, 0.4) is 0 Å². The van der Waals surface area contributed by atoms with E-state index >= 15 is 0 Å². The van der Waals surface area contributed by atoms with Gasteiger partial charge in [-0.15, -0.1) is 17.0 Å². The number of nitrogens with two attached hydrogens (primary N) is 1. The van der Waals surface area contributed by atoms with Crippen LogP contribution in [0.1, 0.15) is 10.4 Å². The Kier molecular flexibility index (Phi) is 3.15. The molecule has 1 aromatic heterocycles. The molecular formula is C12H10BrN3O3. The topological polar surface area (TPSA) is 94.2 Å². The van der Waals surface area contributed by atoms with Crippen LogP contribution in [-0.4, -0.2) is 16.4 Å². The second-order valence-corrected chi connectivity index (χ2v) is 4.11. The number of benzene rings is 1. The van der Waals surface area contributed by atoms with Crippen molar-refractivity contribution in [2.24, 2.45) is 5.73 Å². The maximum absolute atomic E-state index is 12.1. The minimum absolute atomic E-state index is 0. The van der Waals surface area contributed by atoms with Gasteiger partial charge in [0.25, 0.3) is 5.91 Å². The number of para-hydroxylation sites is 1. The van der Waals surface area contributed by atoms with E-state index in [0.717, 1.165) is 0 Å². The Hall–Kier alpha value is -2.15. The molecule has 0 aliphatic carbocycles. The third-order valence-corrected chi connectivity index (χ3v) is 2.95. The van der Waals surface area contributed by atoms with Crippen LogP contribution in [0.2, 0.25) is 0 Å². The molecule has 0 radical (unpaired) electrons. The van der Waals surface area contributed by atoms with Crippen molar-refractivity contribution in [2.45, 2.75) is 6.54 Å². The molecule has 7 heteroatoms. The van der Waals surface area contributed by atoms with Crippen molar-refractivity contribution >= 4 is 45.4 Å². The third kappa shape index (κ3) is 1.91. The van der Waals surface area contributed by atoms with E-state index < -0.39 is 11.3 Å². The maximum atomic E-state index is 12.1. The summed E-state index contributed by atoms with van der Waals surface area (Å²) in [7, 11) is 0. The number of primary amides is 1. The molecule has 0 atom stereocenters. The Labute approximate surface area is 118 Å². The summed E-state index contributed by atoms with van der Waals surface area (Å²) in [5, 5.41) is 3.06. The standard InChI is InChI=1S/C12H9N3O3.BrH/c13-12(18)7-4-15-5-9(16)14-8-3-1-2-6(10(8)15)11(7)17;/h1-4H,5H2,(H2,13,18)(H,14,16);1H. The van der Waals surface area contributed by atoms with Crippen LogP contribution < -0.4 is 16.5 Å². The van der Waals surface area contributed by atoms with Gasteiger partial charge in [0.1, 0.15) is 12.1 Å². The van der Waals surface area contributed by atoms with Gasteiger partial charge in [-0.05, 0) is 12.1 Å². The van der Waals surface area contributed by atoms with Crippen LogP contribution in [0.25, 0.3) is 10.9 Å². The number of nitrogens with one attached hydrogen (secondary N) is 1. The zero-order chi connectivity index (χ0) is 12.9. The molecule has 19 heavy (non-hydrogen) atoms. The Bertz CT molecular complexity index is 767. The van der Waals surface area contributed by atoms with Crippen molar-refractivity contribution in [1.82, 2.24) is 4.57 Å². The number of anilines is 1. The van der Waals surface area contributed by atoms with E-state index in [-0.39, 0.29) is 35.0 Å². The lowest BCUT2D eigenvalue weighted by atomic mass is 10.1. The monoisotopic (exact) mass is 323 g/mol. The van der Waals surface area contributed by atoms with Gasteiger partial charge in [0, 0.05) is 11.6 Å². The molecule has 1 aliphatic rings. The number of amides is 2. The fourth-order valence-electron chi connectivity index (χ4n) is 2.21. The van der Waals surface area contributed by atoms with Gasteiger partial charge in [-0.1, -0.05) is 6.07 Å². The average Bonchev–Trinajstić information content (AvgIpc) is 2.32. The summed E-state index contributed by atoms with van der Waals surface area (Å²) in [6.45, 7) is 0.0636. The van der Waals surface area contributed by atoms with Gasteiger partial charge in [0.15, 0.2) is 0 Å². The fourth-order valence-corrected chi connectivity index (χ4v) is 2.21. The van der Waals surface area contributed by atoms with Crippen LogP contribution in [0.5, 0.6) is 0 Å². The van der Waals surface area contributed by atoms with E-state index in [4.69, 9.17) is 5.73 Å². The predicted molar refractivity (Wildman–Crippen MR) is 75.7 cm³/mol. The third-order valence-electron chi connectivity index (χ3n) is 2.95. The summed E-state index contributed by atoms with van der Waals surface area (Å²) in [5.41, 5.74) is 5.84. The number of hydrogen-bond donors (Lipinski definition) is 2. The number of pyridine rings is 1. The SMILES string of the molecule is Br.NC(=O)c1cn2c3c(cccc3c1=O)NC(=O)C2. The van der Waals surface area contributed by atoms with Crippen LogP contribution in [0.4, 0.5) is 5.69 Å². The van der Waals surface area contributed by atoms with Gasteiger partial charge >= 0.3 is 0 Å². The van der Waals surface area contributed by atoms with Crippen LogP contribution in [-0.2, 0) is 11.3 Å². The Morgan fingerprint density at radius 3 is 2.74 bits per heavy atom. The van der Waals surface area contributed by atoms with Crippen molar-refractivity contribution in [1.29, 1.82) is 0 Å². The summed E-state index contributed by atoms with van der Waals surface area (Å²) in [5.74, 6) is -0.990. The number of rotatable bonds is 1. The van der Waals surface area contributed by atoms with E-state index in [0.29, 0.717) is 16.6 Å². The van der Waals surface area contributed by atoms with E-state index in [9.17, 15) is 14.4 Å². The summed E-state index contributed by atoms with van der Waals surface area (Å²) in [6.07, 6.45) is 1.34. The Morgan fingerprint density at radius 1 is 1.32 bits per heavy atom. The van der Waals surface area contributed by atoms with Crippen molar-refractivity contribution in [2.75, 3.05) is 5.32 Å². The number of aromatic nitrogens is 1. The largest absolute Gasteiger partial charge is 0.365 e. The lowest BCUT2D eigenvalue weighted by Crippen LogP contribution is -2.30. The fraction of sp³-hybridized carbons (Fsp3) is 0.0833. The first kappa shape index (κ1) is 13.3. The van der Waals surface area contributed by atoms with Gasteiger partial charge in [-0.2, -0.15) is 0 Å². The zero-order valence-corrected chi connectivity index (χ0v) is 11.4. The van der Waals surface area contributed by atoms with Gasteiger partial charge in [0.2, 0.25) is 11.3 Å². The molecule has 0 unspecified atom stereocenters. The predicted octanol–water partition coefficient (Wildman–Crippen LogP) is 0.630. The normalized spacial score (nSPS) is 12.7. The molecule has 1 aliphatic heterocycles. The van der Waals surface area contributed by atoms with E-state index in [2.05, 4.69) is 5.32 Å². The highest BCUT2D eigenvalue weighted by atomic mass is 79.9. The first-order valence-corrected chi connectivity index (χ1v) is 5.34. The minimum Gasteiger partial charge on any atom is -0.365 e. The van der Waals surface area contributed by atoms with Crippen molar-refractivity contribution in [3.05, 3.63) is 40.2 Å². The van der Waals surface area contributed by atoms with Crippen molar-refractivity contribution in [3.8, 4) is 0 Å². The lowest BCUT2D eigenvalue weighted by Gasteiger charge is -2.20. The number of carbonyl (C=O) groups excluding carboxylic acids is 2. The number of halogens is 1. The lowest BCUT2D eigenvalue weighted by molar-refractivity contribution is -0.116. The van der Waals surface area contributed by atoms with Crippen molar-refractivity contribution < 1.29 is 9.59 Å². The molecule has 0 spiro atoms. The molecule has 0 saturated carbocycles. The Balaban J connectivity index is 0.00000133. The quantitative estimate of drug-likeness (QED) is 0.805. The molecule has 1 aromatic carbocycles. The first-order valence-electron chi connectivity index (χ1n) is 5.34. The van der Waals surface area contributed by atoms with Gasteiger partial charge in [0.05, 0.1) is 11.2 Å². The molecule has 0 saturated heterocycles. The number of nitrogens with zero attached hydrogens (tertiary/aromatic N) is 1. The summed E-state index contributed by atoms with van der Waals surface area (Å²) >= 11 is 0. The van der Waals surface area contributed by atoms with E-state index in [1.165, 1.54) is 6.20 Å². The Morgan fingerprint density at radius 2 is 2.05 bits per heavy atom.